The Labute approximate surface area is 170 Å². The fourth-order valence-electron chi connectivity index (χ4n) is 3.82. The van der Waals surface area contributed by atoms with Crippen molar-refractivity contribution in [2.75, 3.05) is 16.8 Å². The lowest BCUT2D eigenvalue weighted by atomic mass is 9.92. The molecular weight excluding hydrogens is 372 g/mol. The maximum atomic E-state index is 13.2. The van der Waals surface area contributed by atoms with Crippen LogP contribution in [0.15, 0.2) is 24.3 Å². The number of para-hydroxylation sites is 2. The lowest BCUT2D eigenvalue weighted by Gasteiger charge is -2.29. The Morgan fingerprint density at radius 1 is 1.24 bits per heavy atom. The second kappa shape index (κ2) is 7.85. The van der Waals surface area contributed by atoms with Gasteiger partial charge in [0.1, 0.15) is 12.1 Å². The summed E-state index contributed by atoms with van der Waals surface area (Å²) >= 11 is 0. The maximum absolute atomic E-state index is 13.2. The van der Waals surface area contributed by atoms with Crippen LogP contribution in [-0.4, -0.2) is 46.8 Å². The number of amides is 5. The highest BCUT2D eigenvalue weighted by Gasteiger charge is 2.48. The van der Waals surface area contributed by atoms with Crippen molar-refractivity contribution >= 4 is 35.1 Å². The first-order valence-electron chi connectivity index (χ1n) is 9.97. The van der Waals surface area contributed by atoms with Gasteiger partial charge in [-0.05, 0) is 44.7 Å². The molecule has 2 aliphatic heterocycles. The average Bonchev–Trinajstić information content (AvgIpc) is 2.77. The summed E-state index contributed by atoms with van der Waals surface area (Å²) in [5, 5.41) is 5.54. The zero-order valence-corrected chi connectivity index (χ0v) is 17.3. The molecule has 0 radical (unpaired) electrons. The molecule has 2 heterocycles. The molecule has 0 bridgehead atoms. The van der Waals surface area contributed by atoms with E-state index in [0.29, 0.717) is 23.7 Å². The summed E-state index contributed by atoms with van der Waals surface area (Å²) < 4.78 is 0. The molecule has 3 rings (SSSR count). The van der Waals surface area contributed by atoms with Crippen LogP contribution in [0.5, 0.6) is 0 Å². The summed E-state index contributed by atoms with van der Waals surface area (Å²) in [6.07, 6.45) is 1.43. The van der Waals surface area contributed by atoms with Crippen molar-refractivity contribution in [1.82, 2.24) is 10.2 Å². The van der Waals surface area contributed by atoms with E-state index in [0.717, 1.165) is 11.3 Å². The van der Waals surface area contributed by atoms with Crippen molar-refractivity contribution in [1.29, 1.82) is 0 Å². The van der Waals surface area contributed by atoms with Crippen LogP contribution in [0.3, 0.4) is 0 Å². The number of benzene rings is 1. The van der Waals surface area contributed by atoms with Gasteiger partial charge in [-0.15, -0.1) is 0 Å². The summed E-state index contributed by atoms with van der Waals surface area (Å²) in [6, 6.07) is 6.06. The summed E-state index contributed by atoms with van der Waals surface area (Å²) in [6.45, 7) is 7.22. The highest BCUT2D eigenvalue weighted by molar-refractivity contribution is 6.11. The second-order valence-corrected chi connectivity index (χ2v) is 8.47. The van der Waals surface area contributed by atoms with Gasteiger partial charge in [0, 0.05) is 12.5 Å². The Morgan fingerprint density at radius 3 is 2.62 bits per heavy atom. The molecule has 8 heteroatoms. The van der Waals surface area contributed by atoms with Gasteiger partial charge in [0.15, 0.2) is 0 Å². The van der Waals surface area contributed by atoms with Crippen LogP contribution in [-0.2, 0) is 14.4 Å². The predicted octanol–water partition coefficient (Wildman–Crippen LogP) is 2.50. The van der Waals surface area contributed by atoms with Crippen molar-refractivity contribution in [3.05, 3.63) is 24.3 Å². The number of nitrogens with one attached hydrogen (secondary N) is 2. The van der Waals surface area contributed by atoms with Crippen LogP contribution in [0.25, 0.3) is 0 Å². The van der Waals surface area contributed by atoms with Crippen LogP contribution in [0.4, 0.5) is 16.2 Å². The summed E-state index contributed by atoms with van der Waals surface area (Å²) in [5.74, 6) is -0.581. The van der Waals surface area contributed by atoms with Crippen molar-refractivity contribution in [3.8, 4) is 0 Å². The van der Waals surface area contributed by atoms with Gasteiger partial charge >= 0.3 is 6.03 Å². The van der Waals surface area contributed by atoms with E-state index in [1.807, 2.05) is 0 Å². The van der Waals surface area contributed by atoms with Crippen molar-refractivity contribution in [3.63, 3.8) is 0 Å². The molecule has 2 atom stereocenters. The van der Waals surface area contributed by atoms with Gasteiger partial charge in [0.05, 0.1) is 11.4 Å². The number of hydrogen-bond acceptors (Lipinski definition) is 4. The highest BCUT2D eigenvalue weighted by Crippen LogP contribution is 2.32. The first kappa shape index (κ1) is 20.8. The standard InChI is InChI=1S/C21H28N4O4/c1-13(2)9-10-21(4)19(28)24(20(29)23-21)12-18(27)25-14(3)11-17(26)22-15-7-5-6-8-16(15)25/h5-8,13-14H,9-12H2,1-4H3,(H,22,26)(H,23,29)/t14-,21+/m1/s1. The SMILES string of the molecule is CC(C)CC[C@]1(C)NC(=O)N(CC(=O)N2c3ccccc3NC(=O)C[C@H]2C)C1=O. The normalized spacial score (nSPS) is 24.3. The molecule has 1 aromatic carbocycles. The third-order valence-electron chi connectivity index (χ3n) is 5.49. The third-order valence-corrected chi connectivity index (χ3v) is 5.49. The predicted molar refractivity (Wildman–Crippen MR) is 109 cm³/mol. The molecule has 0 aromatic heterocycles. The molecule has 1 saturated heterocycles. The molecule has 0 spiro atoms. The van der Waals surface area contributed by atoms with E-state index in [-0.39, 0.29) is 24.8 Å². The van der Waals surface area contributed by atoms with Crippen LogP contribution in [0.2, 0.25) is 0 Å². The number of anilines is 2. The minimum Gasteiger partial charge on any atom is -0.324 e. The van der Waals surface area contributed by atoms with Crippen molar-refractivity contribution in [2.45, 2.75) is 58.5 Å². The van der Waals surface area contributed by atoms with Crippen LogP contribution in [0.1, 0.15) is 47.0 Å². The molecule has 1 aromatic rings. The molecule has 1 fully saturated rings. The third kappa shape index (κ3) is 4.11. The van der Waals surface area contributed by atoms with Gasteiger partial charge in [-0.2, -0.15) is 0 Å². The van der Waals surface area contributed by atoms with E-state index >= 15 is 0 Å². The number of urea groups is 1. The zero-order valence-electron chi connectivity index (χ0n) is 17.3. The fraction of sp³-hybridized carbons (Fsp3) is 0.524. The van der Waals surface area contributed by atoms with E-state index in [1.54, 1.807) is 38.1 Å². The van der Waals surface area contributed by atoms with E-state index in [1.165, 1.54) is 4.90 Å². The minimum absolute atomic E-state index is 0.132. The largest absolute Gasteiger partial charge is 0.325 e. The number of hydrogen-bond donors (Lipinski definition) is 2. The summed E-state index contributed by atoms with van der Waals surface area (Å²) in [4.78, 5) is 53.1. The monoisotopic (exact) mass is 400 g/mol. The number of nitrogens with zero attached hydrogens (tertiary/aromatic N) is 2. The summed E-state index contributed by atoms with van der Waals surface area (Å²) in [7, 11) is 0. The molecule has 0 unspecified atom stereocenters. The zero-order chi connectivity index (χ0) is 21.3. The number of rotatable bonds is 5. The molecule has 2 N–H and O–H groups in total. The topological polar surface area (TPSA) is 98.8 Å². The molecular formula is C21H28N4O4. The Kier molecular flexibility index (Phi) is 5.64. The van der Waals surface area contributed by atoms with Crippen LogP contribution in [0, 0.1) is 5.92 Å². The van der Waals surface area contributed by atoms with E-state index in [2.05, 4.69) is 24.5 Å². The Balaban J connectivity index is 1.81. The molecule has 5 amide bonds. The van der Waals surface area contributed by atoms with Gasteiger partial charge < -0.3 is 15.5 Å². The van der Waals surface area contributed by atoms with Crippen LogP contribution >= 0.6 is 0 Å². The Bertz CT molecular complexity index is 853. The number of fused-ring (bicyclic) bond motifs is 1. The first-order valence-corrected chi connectivity index (χ1v) is 9.97. The number of carbonyl (C=O) groups excluding carboxylic acids is 4. The van der Waals surface area contributed by atoms with Crippen LogP contribution < -0.4 is 15.5 Å². The average molecular weight is 400 g/mol. The fourth-order valence-corrected chi connectivity index (χ4v) is 3.82. The van der Waals surface area contributed by atoms with E-state index < -0.39 is 23.5 Å². The lowest BCUT2D eigenvalue weighted by Crippen LogP contribution is -2.48. The van der Waals surface area contributed by atoms with Gasteiger partial charge in [0.25, 0.3) is 5.91 Å². The molecule has 2 aliphatic rings. The van der Waals surface area contributed by atoms with Crippen molar-refractivity contribution in [2.24, 2.45) is 5.92 Å². The maximum Gasteiger partial charge on any atom is 0.325 e. The Hall–Kier alpha value is -2.90. The molecule has 8 nitrogen and oxygen atoms in total. The highest BCUT2D eigenvalue weighted by atomic mass is 16.2. The molecule has 156 valence electrons. The van der Waals surface area contributed by atoms with Gasteiger partial charge in [-0.1, -0.05) is 26.0 Å². The van der Waals surface area contributed by atoms with Gasteiger partial charge in [-0.3, -0.25) is 19.3 Å². The molecule has 29 heavy (non-hydrogen) atoms. The number of carbonyl (C=O) groups is 4. The quantitative estimate of drug-likeness (QED) is 0.742. The number of imide groups is 1. The van der Waals surface area contributed by atoms with E-state index in [4.69, 9.17) is 0 Å². The Morgan fingerprint density at radius 2 is 1.93 bits per heavy atom. The van der Waals surface area contributed by atoms with E-state index in [9.17, 15) is 19.2 Å². The van der Waals surface area contributed by atoms with Gasteiger partial charge in [-0.25, -0.2) is 4.79 Å². The lowest BCUT2D eigenvalue weighted by molar-refractivity contribution is -0.134. The van der Waals surface area contributed by atoms with Crippen molar-refractivity contribution < 1.29 is 19.2 Å². The van der Waals surface area contributed by atoms with Gasteiger partial charge in [0.2, 0.25) is 11.8 Å². The smallest absolute Gasteiger partial charge is 0.324 e. The summed E-state index contributed by atoms with van der Waals surface area (Å²) in [5.41, 5.74) is 0.0983. The second-order valence-electron chi connectivity index (χ2n) is 8.47. The minimum atomic E-state index is -0.999. The molecule has 0 saturated carbocycles. The first-order chi connectivity index (χ1) is 13.6. The molecule has 0 aliphatic carbocycles.